The standard InChI is InChI=1S/C24H22FNO3/c1-16-7-5-6-10-20(16)22-21(25)12-11-18-13-19(29-23(18)22)15-26(24(27)28)14-17-8-3-2-4-9-17/h2-12,19H,13-15H2,1H3,(H,27,28). The molecule has 1 N–H and O–H groups in total. The molecular weight excluding hydrogens is 369 g/mol. The molecule has 0 bridgehead atoms. The number of amides is 1. The van der Waals surface area contributed by atoms with Gasteiger partial charge in [-0.15, -0.1) is 0 Å². The van der Waals surface area contributed by atoms with Gasteiger partial charge in [0.25, 0.3) is 0 Å². The number of aryl methyl sites for hydroxylation is 1. The molecule has 29 heavy (non-hydrogen) atoms. The Labute approximate surface area is 169 Å². The van der Waals surface area contributed by atoms with E-state index >= 15 is 0 Å². The first-order chi connectivity index (χ1) is 14.0. The summed E-state index contributed by atoms with van der Waals surface area (Å²) >= 11 is 0. The molecule has 3 aromatic carbocycles. The van der Waals surface area contributed by atoms with E-state index in [1.807, 2.05) is 61.5 Å². The molecule has 1 amide bonds. The zero-order chi connectivity index (χ0) is 20.4. The Morgan fingerprint density at radius 2 is 1.83 bits per heavy atom. The van der Waals surface area contributed by atoms with Crippen LogP contribution in [0.3, 0.4) is 0 Å². The zero-order valence-electron chi connectivity index (χ0n) is 16.1. The largest absolute Gasteiger partial charge is 0.487 e. The van der Waals surface area contributed by atoms with Crippen molar-refractivity contribution in [2.75, 3.05) is 6.54 Å². The molecule has 4 rings (SSSR count). The lowest BCUT2D eigenvalue weighted by atomic mass is 9.96. The first-order valence-corrected chi connectivity index (χ1v) is 9.58. The molecule has 148 valence electrons. The van der Waals surface area contributed by atoms with Crippen molar-refractivity contribution in [3.8, 4) is 16.9 Å². The van der Waals surface area contributed by atoms with Gasteiger partial charge in [0, 0.05) is 13.0 Å². The van der Waals surface area contributed by atoms with Crippen molar-refractivity contribution in [2.45, 2.75) is 26.0 Å². The first kappa shape index (κ1) is 19.0. The number of rotatable bonds is 5. The highest BCUT2D eigenvalue weighted by Crippen LogP contribution is 2.41. The minimum Gasteiger partial charge on any atom is -0.487 e. The van der Waals surface area contributed by atoms with E-state index in [-0.39, 0.29) is 25.0 Å². The minimum atomic E-state index is -1.00. The van der Waals surface area contributed by atoms with Gasteiger partial charge in [-0.05, 0) is 35.2 Å². The Balaban J connectivity index is 1.58. The third-order valence-corrected chi connectivity index (χ3v) is 5.25. The third kappa shape index (κ3) is 3.94. The molecule has 0 saturated heterocycles. The van der Waals surface area contributed by atoms with Gasteiger partial charge in [-0.1, -0.05) is 60.7 Å². The molecule has 1 aliphatic rings. The molecule has 0 radical (unpaired) electrons. The lowest BCUT2D eigenvalue weighted by Crippen LogP contribution is -2.37. The van der Waals surface area contributed by atoms with Crippen molar-refractivity contribution in [2.24, 2.45) is 0 Å². The van der Waals surface area contributed by atoms with Gasteiger partial charge in [-0.2, -0.15) is 0 Å². The van der Waals surface area contributed by atoms with Crippen LogP contribution in [0, 0.1) is 12.7 Å². The van der Waals surface area contributed by atoms with Gasteiger partial charge in [0.1, 0.15) is 17.7 Å². The fourth-order valence-electron chi connectivity index (χ4n) is 3.82. The van der Waals surface area contributed by atoms with Gasteiger partial charge in [-0.25, -0.2) is 9.18 Å². The van der Waals surface area contributed by atoms with E-state index < -0.39 is 6.09 Å². The maximum Gasteiger partial charge on any atom is 0.407 e. The van der Waals surface area contributed by atoms with Gasteiger partial charge in [0.2, 0.25) is 0 Å². The number of carbonyl (C=O) groups is 1. The molecule has 0 spiro atoms. The number of fused-ring (bicyclic) bond motifs is 1. The quantitative estimate of drug-likeness (QED) is 0.643. The molecule has 5 heteroatoms. The molecule has 1 unspecified atom stereocenters. The molecule has 0 aliphatic carbocycles. The van der Waals surface area contributed by atoms with E-state index in [4.69, 9.17) is 4.74 Å². The lowest BCUT2D eigenvalue weighted by Gasteiger charge is -2.23. The number of nitrogens with zero attached hydrogens (tertiary/aromatic N) is 1. The number of halogens is 1. The number of ether oxygens (including phenoxy) is 1. The predicted octanol–water partition coefficient (Wildman–Crippen LogP) is 5.28. The van der Waals surface area contributed by atoms with Crippen LogP contribution < -0.4 is 4.74 Å². The fourth-order valence-corrected chi connectivity index (χ4v) is 3.82. The maximum absolute atomic E-state index is 14.7. The highest BCUT2D eigenvalue weighted by molar-refractivity contribution is 5.76. The van der Waals surface area contributed by atoms with Gasteiger partial charge in [0.15, 0.2) is 0 Å². The summed E-state index contributed by atoms with van der Waals surface area (Å²) in [4.78, 5) is 13.1. The summed E-state index contributed by atoms with van der Waals surface area (Å²) < 4.78 is 20.8. The monoisotopic (exact) mass is 391 g/mol. The van der Waals surface area contributed by atoms with Crippen LogP contribution in [0.15, 0.2) is 66.7 Å². The summed E-state index contributed by atoms with van der Waals surface area (Å²) in [6.45, 7) is 2.44. The molecular formula is C24H22FNO3. The van der Waals surface area contributed by atoms with E-state index in [0.717, 1.165) is 22.3 Å². The van der Waals surface area contributed by atoms with Crippen molar-refractivity contribution in [1.82, 2.24) is 4.90 Å². The smallest absolute Gasteiger partial charge is 0.407 e. The minimum absolute atomic E-state index is 0.216. The summed E-state index contributed by atoms with van der Waals surface area (Å²) in [5.74, 6) is 0.187. The molecule has 1 heterocycles. The normalized spacial score (nSPS) is 14.9. The summed E-state index contributed by atoms with van der Waals surface area (Å²) in [6, 6.07) is 20.3. The summed E-state index contributed by atoms with van der Waals surface area (Å²) in [5.41, 5.74) is 4.02. The summed E-state index contributed by atoms with van der Waals surface area (Å²) in [6.07, 6.45) is -0.805. The molecule has 0 aromatic heterocycles. The van der Waals surface area contributed by atoms with Crippen molar-refractivity contribution in [3.05, 3.63) is 89.2 Å². The van der Waals surface area contributed by atoms with Crippen molar-refractivity contribution in [1.29, 1.82) is 0 Å². The number of carboxylic acid groups (broad SMARTS) is 1. The Hall–Kier alpha value is -3.34. The van der Waals surface area contributed by atoms with Crippen molar-refractivity contribution < 1.29 is 19.0 Å². The molecule has 0 fully saturated rings. The third-order valence-electron chi connectivity index (χ3n) is 5.25. The lowest BCUT2D eigenvalue weighted by molar-refractivity contribution is 0.113. The van der Waals surface area contributed by atoms with Crippen LogP contribution in [-0.4, -0.2) is 28.7 Å². The number of hydrogen-bond donors (Lipinski definition) is 1. The zero-order valence-corrected chi connectivity index (χ0v) is 16.1. The van der Waals surface area contributed by atoms with Gasteiger partial charge in [0.05, 0.1) is 12.1 Å². The Morgan fingerprint density at radius 3 is 2.55 bits per heavy atom. The highest BCUT2D eigenvalue weighted by atomic mass is 19.1. The van der Waals surface area contributed by atoms with Crippen LogP contribution in [0.25, 0.3) is 11.1 Å². The highest BCUT2D eigenvalue weighted by Gasteiger charge is 2.30. The topological polar surface area (TPSA) is 49.8 Å². The van der Waals surface area contributed by atoms with Gasteiger partial charge >= 0.3 is 6.09 Å². The molecule has 0 saturated carbocycles. The van der Waals surface area contributed by atoms with Crippen LogP contribution in [0.5, 0.6) is 5.75 Å². The van der Waals surface area contributed by atoms with Crippen LogP contribution in [0.4, 0.5) is 9.18 Å². The van der Waals surface area contributed by atoms with E-state index in [9.17, 15) is 14.3 Å². The summed E-state index contributed by atoms with van der Waals surface area (Å²) in [5, 5.41) is 9.64. The molecule has 1 aliphatic heterocycles. The van der Waals surface area contributed by atoms with Crippen molar-refractivity contribution in [3.63, 3.8) is 0 Å². The first-order valence-electron chi connectivity index (χ1n) is 9.58. The second kappa shape index (κ2) is 7.95. The van der Waals surface area contributed by atoms with Gasteiger partial charge in [-0.3, -0.25) is 0 Å². The van der Waals surface area contributed by atoms with E-state index in [0.29, 0.717) is 17.7 Å². The van der Waals surface area contributed by atoms with Crippen LogP contribution in [0.1, 0.15) is 16.7 Å². The Morgan fingerprint density at radius 1 is 1.10 bits per heavy atom. The second-order valence-electron chi connectivity index (χ2n) is 7.32. The number of benzene rings is 3. The van der Waals surface area contributed by atoms with Crippen LogP contribution >= 0.6 is 0 Å². The Kier molecular flexibility index (Phi) is 5.21. The second-order valence-corrected chi connectivity index (χ2v) is 7.32. The predicted molar refractivity (Wildman–Crippen MR) is 110 cm³/mol. The molecule has 1 atom stereocenters. The van der Waals surface area contributed by atoms with Crippen molar-refractivity contribution >= 4 is 6.09 Å². The molecule has 3 aromatic rings. The van der Waals surface area contributed by atoms with Crippen LogP contribution in [-0.2, 0) is 13.0 Å². The maximum atomic E-state index is 14.7. The Bertz CT molecular complexity index is 1040. The van der Waals surface area contributed by atoms with E-state index in [2.05, 4.69) is 0 Å². The summed E-state index contributed by atoms with van der Waals surface area (Å²) in [7, 11) is 0. The SMILES string of the molecule is Cc1ccccc1-c1c(F)ccc2c1OC(CN(Cc1ccccc1)C(=O)O)C2. The van der Waals surface area contributed by atoms with E-state index in [1.165, 1.54) is 11.0 Å². The van der Waals surface area contributed by atoms with E-state index in [1.54, 1.807) is 6.07 Å². The van der Waals surface area contributed by atoms with Crippen LogP contribution in [0.2, 0.25) is 0 Å². The molecule has 4 nitrogen and oxygen atoms in total. The number of hydrogen-bond acceptors (Lipinski definition) is 2. The fraction of sp³-hybridized carbons (Fsp3) is 0.208. The van der Waals surface area contributed by atoms with Gasteiger partial charge < -0.3 is 14.7 Å². The average molecular weight is 391 g/mol. The average Bonchev–Trinajstić information content (AvgIpc) is 3.12.